The van der Waals surface area contributed by atoms with Crippen molar-refractivity contribution in [2.75, 3.05) is 26.9 Å². The van der Waals surface area contributed by atoms with E-state index in [0.717, 1.165) is 9.13 Å². The molecule has 0 saturated carbocycles. The largest absolute Gasteiger partial charge is 0.493 e. The number of amides is 1. The second-order valence-electron chi connectivity index (χ2n) is 5.27. The summed E-state index contributed by atoms with van der Waals surface area (Å²) in [7, 11) is 1.58. The van der Waals surface area contributed by atoms with Crippen LogP contribution < -0.4 is 14.9 Å². The summed E-state index contributed by atoms with van der Waals surface area (Å²) in [5, 5.41) is 3.97. The van der Waals surface area contributed by atoms with Gasteiger partial charge in [0.2, 0.25) is 5.91 Å². The molecule has 1 fully saturated rings. The molecule has 1 amide bonds. The highest BCUT2D eigenvalue weighted by atomic mass is 127. The van der Waals surface area contributed by atoms with E-state index < -0.39 is 5.79 Å². The first-order valence-corrected chi connectivity index (χ1v) is 8.65. The third-order valence-electron chi connectivity index (χ3n) is 3.32. The van der Waals surface area contributed by atoms with E-state index in [0.29, 0.717) is 31.3 Å². The van der Waals surface area contributed by atoms with Crippen molar-refractivity contribution in [2.24, 2.45) is 5.10 Å². The average molecular weight is 448 g/mol. The highest BCUT2D eigenvalue weighted by Crippen LogP contribution is 2.33. The molecular formula is C16H21IN2O5. The molecule has 7 nitrogen and oxygen atoms in total. The molecule has 0 unspecified atom stereocenters. The Morgan fingerprint density at radius 3 is 2.79 bits per heavy atom. The first-order valence-electron chi connectivity index (χ1n) is 7.57. The van der Waals surface area contributed by atoms with Crippen LogP contribution in [0.4, 0.5) is 0 Å². The third kappa shape index (κ3) is 5.05. The van der Waals surface area contributed by atoms with Gasteiger partial charge in [0.05, 0.1) is 43.1 Å². The molecule has 1 aromatic carbocycles. The predicted octanol–water partition coefficient (Wildman–Crippen LogP) is 2.30. The number of halogens is 1. The number of nitrogens with zero attached hydrogens (tertiary/aromatic N) is 1. The van der Waals surface area contributed by atoms with E-state index >= 15 is 0 Å². The first-order chi connectivity index (χ1) is 11.5. The van der Waals surface area contributed by atoms with E-state index in [1.807, 2.05) is 13.0 Å². The van der Waals surface area contributed by atoms with E-state index in [2.05, 4.69) is 33.1 Å². The van der Waals surface area contributed by atoms with Crippen LogP contribution in [0.2, 0.25) is 0 Å². The lowest BCUT2D eigenvalue weighted by Crippen LogP contribution is -2.33. The fourth-order valence-electron chi connectivity index (χ4n) is 2.27. The van der Waals surface area contributed by atoms with E-state index in [9.17, 15) is 4.79 Å². The van der Waals surface area contributed by atoms with Crippen molar-refractivity contribution >= 4 is 34.7 Å². The Hall–Kier alpha value is -1.39. The standard InChI is InChI=1S/C16H21IN2O5/c1-4-22-15-12(17)7-11(8-13(15)21-3)10-18-19-14(20)9-16(2)23-5-6-24-16/h7-8,10H,4-6,9H2,1-3H3,(H,19,20). The van der Waals surface area contributed by atoms with E-state index in [1.165, 1.54) is 0 Å². The highest BCUT2D eigenvalue weighted by molar-refractivity contribution is 14.1. The normalized spacial score (nSPS) is 16.3. The molecule has 24 heavy (non-hydrogen) atoms. The quantitative estimate of drug-likeness (QED) is 0.394. The summed E-state index contributed by atoms with van der Waals surface area (Å²) in [6, 6.07) is 3.70. The average Bonchev–Trinajstić information content (AvgIpc) is 2.95. The van der Waals surface area contributed by atoms with Gasteiger partial charge in [-0.25, -0.2) is 5.43 Å². The summed E-state index contributed by atoms with van der Waals surface area (Å²) in [5.41, 5.74) is 3.27. The summed E-state index contributed by atoms with van der Waals surface area (Å²) >= 11 is 2.17. The molecule has 1 aliphatic rings. The van der Waals surface area contributed by atoms with E-state index in [4.69, 9.17) is 18.9 Å². The molecule has 132 valence electrons. The van der Waals surface area contributed by atoms with Crippen molar-refractivity contribution in [3.8, 4) is 11.5 Å². The van der Waals surface area contributed by atoms with Gasteiger partial charge >= 0.3 is 0 Å². The maximum atomic E-state index is 11.9. The molecule has 0 radical (unpaired) electrons. The zero-order chi connectivity index (χ0) is 17.6. The number of methoxy groups -OCH3 is 1. The van der Waals surface area contributed by atoms with Crippen LogP contribution in [0.15, 0.2) is 17.2 Å². The molecule has 0 aromatic heterocycles. The van der Waals surface area contributed by atoms with Gasteiger partial charge in [0.15, 0.2) is 17.3 Å². The van der Waals surface area contributed by atoms with Crippen molar-refractivity contribution in [3.05, 3.63) is 21.3 Å². The van der Waals surface area contributed by atoms with E-state index in [-0.39, 0.29) is 12.3 Å². The summed E-state index contributed by atoms with van der Waals surface area (Å²) < 4.78 is 22.6. The minimum Gasteiger partial charge on any atom is -0.493 e. The van der Waals surface area contributed by atoms with Crippen LogP contribution in [0.3, 0.4) is 0 Å². The molecule has 1 saturated heterocycles. The number of nitrogens with one attached hydrogen (secondary N) is 1. The molecule has 2 rings (SSSR count). The lowest BCUT2D eigenvalue weighted by atomic mass is 10.2. The Morgan fingerprint density at radius 1 is 1.46 bits per heavy atom. The fraction of sp³-hybridized carbons (Fsp3) is 0.500. The number of benzene rings is 1. The molecule has 0 aliphatic carbocycles. The monoisotopic (exact) mass is 448 g/mol. The van der Waals surface area contributed by atoms with Crippen LogP contribution in [0.25, 0.3) is 0 Å². The van der Waals surface area contributed by atoms with Crippen LogP contribution in [-0.2, 0) is 14.3 Å². The van der Waals surface area contributed by atoms with E-state index in [1.54, 1.807) is 26.3 Å². The summed E-state index contributed by atoms with van der Waals surface area (Å²) in [6.45, 7) is 5.20. The van der Waals surface area contributed by atoms with Gasteiger partial charge in [-0.15, -0.1) is 0 Å². The number of ether oxygens (including phenoxy) is 4. The SMILES string of the molecule is CCOc1c(I)cc(C=NNC(=O)CC2(C)OCCO2)cc1OC. The van der Waals surface area contributed by atoms with Crippen LogP contribution in [-0.4, -0.2) is 44.8 Å². The Bertz CT molecular complexity index is 615. The first kappa shape index (κ1) is 18.9. The summed E-state index contributed by atoms with van der Waals surface area (Å²) in [5.74, 6) is 0.183. The second kappa shape index (κ2) is 8.63. The zero-order valence-corrected chi connectivity index (χ0v) is 16.1. The number of hydrogen-bond acceptors (Lipinski definition) is 6. The molecule has 1 aromatic rings. The predicted molar refractivity (Wildman–Crippen MR) is 97.5 cm³/mol. The molecular weight excluding hydrogens is 427 g/mol. The Labute approximate surface area is 154 Å². The van der Waals surface area contributed by atoms with Crippen molar-refractivity contribution < 1.29 is 23.7 Å². The molecule has 0 bridgehead atoms. The number of hydrogen-bond donors (Lipinski definition) is 1. The topological polar surface area (TPSA) is 78.4 Å². The van der Waals surface area contributed by atoms with Gasteiger partial charge in [0.25, 0.3) is 0 Å². The lowest BCUT2D eigenvalue weighted by Gasteiger charge is -2.20. The second-order valence-corrected chi connectivity index (χ2v) is 6.43. The zero-order valence-electron chi connectivity index (χ0n) is 13.9. The van der Waals surface area contributed by atoms with Crippen molar-refractivity contribution in [1.82, 2.24) is 5.43 Å². The van der Waals surface area contributed by atoms with Crippen LogP contribution in [0.5, 0.6) is 11.5 Å². The minimum atomic E-state index is -0.864. The number of carbonyl (C=O) groups is 1. The summed E-state index contributed by atoms with van der Waals surface area (Å²) in [6.07, 6.45) is 1.64. The molecule has 0 atom stereocenters. The van der Waals surface area contributed by atoms with Crippen molar-refractivity contribution in [1.29, 1.82) is 0 Å². The number of hydrazone groups is 1. The van der Waals surface area contributed by atoms with Gasteiger partial charge < -0.3 is 18.9 Å². The third-order valence-corrected chi connectivity index (χ3v) is 4.12. The van der Waals surface area contributed by atoms with Crippen LogP contribution >= 0.6 is 22.6 Å². The lowest BCUT2D eigenvalue weighted by molar-refractivity contribution is -0.159. The summed E-state index contributed by atoms with van der Waals surface area (Å²) in [4.78, 5) is 11.9. The molecule has 0 spiro atoms. The van der Waals surface area contributed by atoms with Crippen molar-refractivity contribution in [3.63, 3.8) is 0 Å². The Balaban J connectivity index is 1.98. The highest BCUT2D eigenvalue weighted by Gasteiger charge is 2.33. The molecule has 8 heteroatoms. The van der Waals surface area contributed by atoms with Gasteiger partial charge in [-0.1, -0.05) is 0 Å². The van der Waals surface area contributed by atoms with Gasteiger partial charge in [0, 0.05) is 0 Å². The fourth-order valence-corrected chi connectivity index (χ4v) is 3.05. The van der Waals surface area contributed by atoms with Gasteiger partial charge in [-0.2, -0.15) is 5.10 Å². The Kier molecular flexibility index (Phi) is 6.81. The van der Waals surface area contributed by atoms with Gasteiger partial charge in [-0.05, 0) is 54.1 Å². The minimum absolute atomic E-state index is 0.0917. The molecule has 1 N–H and O–H groups in total. The van der Waals surface area contributed by atoms with Gasteiger partial charge in [-0.3, -0.25) is 4.79 Å². The Morgan fingerprint density at radius 2 is 2.17 bits per heavy atom. The van der Waals surface area contributed by atoms with Crippen LogP contribution in [0.1, 0.15) is 25.8 Å². The van der Waals surface area contributed by atoms with Gasteiger partial charge in [0.1, 0.15) is 0 Å². The molecule has 1 heterocycles. The number of rotatable bonds is 7. The number of carbonyl (C=O) groups excluding carboxylic acids is 1. The maximum absolute atomic E-state index is 11.9. The van der Waals surface area contributed by atoms with Crippen molar-refractivity contribution in [2.45, 2.75) is 26.1 Å². The maximum Gasteiger partial charge on any atom is 0.245 e. The molecule has 1 aliphatic heterocycles. The smallest absolute Gasteiger partial charge is 0.245 e. The van der Waals surface area contributed by atoms with Crippen LogP contribution in [0, 0.1) is 3.57 Å².